The van der Waals surface area contributed by atoms with Gasteiger partial charge in [-0.25, -0.2) is 0 Å². The number of rotatable bonds is 5. The van der Waals surface area contributed by atoms with E-state index in [1.165, 1.54) is 7.11 Å². The van der Waals surface area contributed by atoms with Gasteiger partial charge in [-0.15, -0.1) is 0 Å². The van der Waals surface area contributed by atoms with Crippen molar-refractivity contribution in [2.24, 2.45) is 0 Å². The number of aromatic nitrogens is 3. The summed E-state index contributed by atoms with van der Waals surface area (Å²) in [4.78, 5) is 9.76. The van der Waals surface area contributed by atoms with Gasteiger partial charge in [-0.3, -0.25) is 0 Å². The Morgan fingerprint density at radius 1 is 1.13 bits per heavy atom. The van der Waals surface area contributed by atoms with Crippen LogP contribution in [0.1, 0.15) is 31.5 Å². The van der Waals surface area contributed by atoms with Crippen molar-refractivity contribution in [1.82, 2.24) is 15.0 Å². The van der Waals surface area contributed by atoms with E-state index in [4.69, 9.17) is 10.5 Å². The maximum atomic E-state index is 13.4. The second-order valence-electron chi connectivity index (χ2n) is 5.46. The van der Waals surface area contributed by atoms with Gasteiger partial charge >= 0.3 is 12.1 Å². The number of ether oxygens (including phenoxy) is 1. The molecule has 0 radical (unpaired) electrons. The van der Waals surface area contributed by atoms with Crippen LogP contribution in [0.3, 0.4) is 0 Å². The van der Waals surface area contributed by atoms with Crippen molar-refractivity contribution >= 4 is 11.9 Å². The van der Waals surface area contributed by atoms with Gasteiger partial charge < -0.3 is 15.8 Å². The van der Waals surface area contributed by atoms with Crippen molar-refractivity contribution in [3.63, 3.8) is 0 Å². The van der Waals surface area contributed by atoms with Crippen molar-refractivity contribution in [3.8, 4) is 0 Å². The van der Waals surface area contributed by atoms with Gasteiger partial charge in [0.2, 0.25) is 17.7 Å². The second-order valence-corrected chi connectivity index (χ2v) is 5.46. The molecule has 3 N–H and O–H groups in total. The van der Waals surface area contributed by atoms with E-state index in [2.05, 4.69) is 20.3 Å². The summed E-state index contributed by atoms with van der Waals surface area (Å²) in [5, 5.41) is 2.79. The van der Waals surface area contributed by atoms with Crippen molar-refractivity contribution in [2.75, 3.05) is 24.8 Å². The SMILES string of the molecule is COCC1(Nc2nc(N)nc(C(F)(F)C(F)(F)F)n2)CCCC1. The highest BCUT2D eigenvalue weighted by molar-refractivity contribution is 5.36. The Kier molecular flexibility index (Phi) is 4.60. The highest BCUT2D eigenvalue weighted by atomic mass is 19.4. The zero-order chi connectivity index (χ0) is 17.3. The van der Waals surface area contributed by atoms with Gasteiger partial charge in [0.05, 0.1) is 12.1 Å². The van der Waals surface area contributed by atoms with Gasteiger partial charge in [-0.05, 0) is 12.8 Å². The number of methoxy groups -OCH3 is 1. The van der Waals surface area contributed by atoms with Crippen molar-refractivity contribution in [1.29, 1.82) is 0 Å². The summed E-state index contributed by atoms with van der Waals surface area (Å²) in [5.74, 6) is -8.09. The van der Waals surface area contributed by atoms with Crippen LogP contribution in [0.5, 0.6) is 0 Å². The Labute approximate surface area is 128 Å². The predicted molar refractivity (Wildman–Crippen MR) is 70.9 cm³/mol. The Hall–Kier alpha value is -1.78. The van der Waals surface area contributed by atoms with Gasteiger partial charge in [0, 0.05) is 7.11 Å². The van der Waals surface area contributed by atoms with Crippen LogP contribution in [0, 0.1) is 0 Å². The number of halogens is 5. The summed E-state index contributed by atoms with van der Waals surface area (Å²) < 4.78 is 69.2. The largest absolute Gasteiger partial charge is 0.461 e. The number of nitrogens with two attached hydrogens (primary N) is 1. The Morgan fingerprint density at radius 2 is 1.74 bits per heavy atom. The highest BCUT2D eigenvalue weighted by Gasteiger charge is 2.61. The number of hydrogen-bond donors (Lipinski definition) is 2. The second kappa shape index (κ2) is 6.02. The molecule has 1 fully saturated rings. The lowest BCUT2D eigenvalue weighted by atomic mass is 9.99. The maximum absolute atomic E-state index is 13.4. The van der Waals surface area contributed by atoms with Crippen LogP contribution in [0.15, 0.2) is 0 Å². The predicted octanol–water partition coefficient (Wildman–Crippen LogP) is 2.48. The third-order valence-electron chi connectivity index (χ3n) is 3.65. The van der Waals surface area contributed by atoms with E-state index in [0.717, 1.165) is 12.8 Å². The van der Waals surface area contributed by atoms with Gasteiger partial charge in [-0.2, -0.15) is 36.9 Å². The summed E-state index contributed by atoms with van der Waals surface area (Å²) in [6.45, 7) is 0.240. The fourth-order valence-corrected chi connectivity index (χ4v) is 2.59. The molecule has 1 saturated carbocycles. The summed E-state index contributed by atoms with van der Waals surface area (Å²) >= 11 is 0. The fraction of sp³-hybridized carbons (Fsp3) is 0.750. The Balaban J connectivity index is 2.34. The minimum atomic E-state index is -5.82. The third kappa shape index (κ3) is 3.59. The topological polar surface area (TPSA) is 86.0 Å². The molecule has 1 aromatic heterocycles. The lowest BCUT2D eigenvalue weighted by Gasteiger charge is -2.29. The molecule has 0 aromatic carbocycles. The van der Waals surface area contributed by atoms with Crippen LogP contribution in [0.2, 0.25) is 0 Å². The summed E-state index contributed by atoms with van der Waals surface area (Å²) in [6, 6.07) is 0. The molecule has 6 nitrogen and oxygen atoms in total. The van der Waals surface area contributed by atoms with E-state index < -0.39 is 35.4 Å². The fourth-order valence-electron chi connectivity index (χ4n) is 2.59. The normalized spacial score (nSPS) is 18.2. The average Bonchev–Trinajstić information content (AvgIpc) is 2.85. The number of nitrogens with zero attached hydrogens (tertiary/aromatic N) is 3. The molecular formula is C12H16F5N5O. The number of anilines is 2. The van der Waals surface area contributed by atoms with Gasteiger partial charge in [-0.1, -0.05) is 12.8 Å². The third-order valence-corrected chi connectivity index (χ3v) is 3.65. The number of hydrogen-bond acceptors (Lipinski definition) is 6. The minimum absolute atomic E-state index is 0.240. The maximum Gasteiger partial charge on any atom is 0.461 e. The van der Waals surface area contributed by atoms with Gasteiger partial charge in [0.1, 0.15) is 0 Å². The van der Waals surface area contributed by atoms with Crippen LogP contribution in [0.4, 0.5) is 33.8 Å². The minimum Gasteiger partial charge on any atom is -0.382 e. The molecule has 23 heavy (non-hydrogen) atoms. The van der Waals surface area contributed by atoms with Crippen LogP contribution in [0.25, 0.3) is 0 Å². The molecule has 130 valence electrons. The smallest absolute Gasteiger partial charge is 0.382 e. The van der Waals surface area contributed by atoms with E-state index in [1.807, 2.05) is 0 Å². The summed E-state index contributed by atoms with van der Waals surface area (Å²) in [6.07, 6.45) is -2.80. The molecule has 0 aliphatic heterocycles. The van der Waals surface area contributed by atoms with Crippen molar-refractivity contribution < 1.29 is 26.7 Å². The summed E-state index contributed by atoms with van der Waals surface area (Å²) in [7, 11) is 1.47. The molecule has 0 spiro atoms. The molecule has 1 heterocycles. The first kappa shape index (κ1) is 17.6. The molecule has 1 aliphatic rings. The first-order chi connectivity index (χ1) is 10.6. The van der Waals surface area contributed by atoms with E-state index in [-0.39, 0.29) is 6.61 Å². The van der Waals surface area contributed by atoms with Crippen LogP contribution < -0.4 is 11.1 Å². The standard InChI is InChI=1S/C12H16F5N5O/c1-23-6-10(4-2-3-5-10)22-9-20-7(19-8(18)21-9)11(13,14)12(15,16)17/h2-6H2,1H3,(H3,18,19,20,21,22). The molecule has 2 rings (SSSR count). The van der Waals surface area contributed by atoms with Crippen molar-refractivity contribution in [3.05, 3.63) is 5.82 Å². The molecule has 0 unspecified atom stereocenters. The molecule has 0 saturated heterocycles. The molecular weight excluding hydrogens is 325 g/mol. The number of nitrogen functional groups attached to an aromatic ring is 1. The first-order valence-electron chi connectivity index (χ1n) is 6.83. The molecule has 1 aromatic rings. The quantitative estimate of drug-likeness (QED) is 0.800. The lowest BCUT2D eigenvalue weighted by molar-refractivity contribution is -0.292. The molecule has 11 heteroatoms. The highest BCUT2D eigenvalue weighted by Crippen LogP contribution is 2.42. The zero-order valence-corrected chi connectivity index (χ0v) is 12.3. The molecule has 0 amide bonds. The Bertz CT molecular complexity index is 559. The van der Waals surface area contributed by atoms with E-state index in [0.29, 0.717) is 12.8 Å². The zero-order valence-electron chi connectivity index (χ0n) is 12.3. The van der Waals surface area contributed by atoms with E-state index >= 15 is 0 Å². The number of alkyl halides is 5. The van der Waals surface area contributed by atoms with E-state index in [9.17, 15) is 22.0 Å². The van der Waals surface area contributed by atoms with Crippen LogP contribution in [-0.4, -0.2) is 40.4 Å². The van der Waals surface area contributed by atoms with Crippen LogP contribution in [-0.2, 0) is 10.7 Å². The molecule has 0 bridgehead atoms. The summed E-state index contributed by atoms with van der Waals surface area (Å²) in [5.41, 5.74) is 4.64. The average molecular weight is 341 g/mol. The monoisotopic (exact) mass is 341 g/mol. The first-order valence-corrected chi connectivity index (χ1v) is 6.83. The van der Waals surface area contributed by atoms with Crippen molar-refractivity contribution in [2.45, 2.75) is 43.3 Å². The van der Waals surface area contributed by atoms with Crippen LogP contribution >= 0.6 is 0 Å². The number of nitrogens with one attached hydrogen (secondary N) is 1. The van der Waals surface area contributed by atoms with Gasteiger partial charge in [0.15, 0.2) is 0 Å². The Morgan fingerprint density at radius 3 is 2.26 bits per heavy atom. The molecule has 0 atom stereocenters. The van der Waals surface area contributed by atoms with Gasteiger partial charge in [0.25, 0.3) is 0 Å². The lowest BCUT2D eigenvalue weighted by Crippen LogP contribution is -2.41. The van der Waals surface area contributed by atoms with E-state index in [1.54, 1.807) is 0 Å². The molecule has 1 aliphatic carbocycles.